The van der Waals surface area contributed by atoms with E-state index in [1.54, 1.807) is 13.8 Å². The van der Waals surface area contributed by atoms with Gasteiger partial charge in [-0.15, -0.1) is 0 Å². The number of hydrogen-bond acceptors (Lipinski definition) is 4. The first-order chi connectivity index (χ1) is 11.3. The van der Waals surface area contributed by atoms with Crippen LogP contribution in [0, 0.1) is 47.8 Å². The Kier molecular flexibility index (Phi) is 4.40. The van der Waals surface area contributed by atoms with Crippen molar-refractivity contribution in [2.24, 2.45) is 4.99 Å². The van der Waals surface area contributed by atoms with Gasteiger partial charge in [-0.3, -0.25) is 13.6 Å². The van der Waals surface area contributed by atoms with Crippen molar-refractivity contribution in [1.82, 2.24) is 4.48 Å². The molecule has 0 unspecified atom stereocenters. The van der Waals surface area contributed by atoms with Crippen LogP contribution in [-0.4, -0.2) is 17.6 Å². The van der Waals surface area contributed by atoms with Crippen LogP contribution in [-0.2, 0) is 0 Å². The SMILES string of the molecule is CC1=N/C(=C(/C#N)c2c(C)c(C#N)c(C)n2B(F)F)C(C)=C1C#N. The molecule has 0 saturated carbocycles. The van der Waals surface area contributed by atoms with Crippen molar-refractivity contribution < 1.29 is 8.63 Å². The van der Waals surface area contributed by atoms with E-state index in [0.29, 0.717) is 26.9 Å². The van der Waals surface area contributed by atoms with Crippen LogP contribution >= 0.6 is 0 Å². The molecule has 0 amide bonds. The molecule has 0 radical (unpaired) electrons. The third kappa shape index (κ3) is 2.32. The van der Waals surface area contributed by atoms with Crippen molar-refractivity contribution in [3.05, 3.63) is 39.4 Å². The smallest absolute Gasteiger partial charge is 0.327 e. The Morgan fingerprint density at radius 2 is 1.71 bits per heavy atom. The maximum absolute atomic E-state index is 13.5. The van der Waals surface area contributed by atoms with Gasteiger partial charge in [0.25, 0.3) is 0 Å². The lowest BCUT2D eigenvalue weighted by molar-refractivity contribution is 0.624. The lowest BCUT2D eigenvalue weighted by atomic mass is 10.00. The Bertz CT molecular complexity index is 959. The maximum Gasteiger partial charge on any atom is 0.677 e. The number of aromatic nitrogens is 1. The quantitative estimate of drug-likeness (QED) is 0.618. The van der Waals surface area contributed by atoms with Gasteiger partial charge in [-0.25, -0.2) is 0 Å². The van der Waals surface area contributed by atoms with Crippen LogP contribution in [0.2, 0.25) is 0 Å². The van der Waals surface area contributed by atoms with Crippen molar-refractivity contribution in [3.63, 3.8) is 0 Å². The molecule has 5 nitrogen and oxygen atoms in total. The monoisotopic (exact) mass is 323 g/mol. The molecular weight excluding hydrogens is 311 g/mol. The minimum atomic E-state index is -2.91. The minimum absolute atomic E-state index is 0.0355. The normalized spacial score (nSPS) is 15.5. The summed E-state index contributed by atoms with van der Waals surface area (Å²) in [5.41, 5.74) is 1.80. The van der Waals surface area contributed by atoms with Gasteiger partial charge in [0.05, 0.1) is 28.2 Å². The summed E-state index contributed by atoms with van der Waals surface area (Å²) >= 11 is 0. The second-order valence-electron chi connectivity index (χ2n) is 5.34. The highest BCUT2D eigenvalue weighted by molar-refractivity contribution is 6.41. The molecular formula is C16H12BF2N5. The number of allylic oxidation sites excluding steroid dienone is 3. The van der Waals surface area contributed by atoms with E-state index in [1.807, 2.05) is 18.2 Å². The third-order valence-corrected chi connectivity index (χ3v) is 4.07. The van der Waals surface area contributed by atoms with Gasteiger partial charge in [-0.1, -0.05) is 0 Å². The zero-order chi connectivity index (χ0) is 18.2. The average Bonchev–Trinajstić information content (AvgIpc) is 2.94. The number of nitriles is 3. The second-order valence-corrected chi connectivity index (χ2v) is 5.34. The number of aliphatic imine (C=N–C) groups is 1. The first-order valence-corrected chi connectivity index (χ1v) is 7.01. The third-order valence-electron chi connectivity index (χ3n) is 4.07. The summed E-state index contributed by atoms with van der Waals surface area (Å²) in [6, 6.07) is 5.83. The van der Waals surface area contributed by atoms with E-state index in [-0.39, 0.29) is 28.2 Å². The molecule has 0 spiro atoms. The number of halogens is 2. The molecule has 0 aromatic carbocycles. The summed E-state index contributed by atoms with van der Waals surface area (Å²) in [6.07, 6.45) is 0. The van der Waals surface area contributed by atoms with Crippen LogP contribution in [0.3, 0.4) is 0 Å². The van der Waals surface area contributed by atoms with E-state index in [1.165, 1.54) is 13.8 Å². The molecule has 2 heterocycles. The Balaban J connectivity index is 2.94. The molecule has 24 heavy (non-hydrogen) atoms. The Hall–Kier alpha value is -3.18. The zero-order valence-electron chi connectivity index (χ0n) is 13.6. The molecule has 1 aromatic heterocycles. The fourth-order valence-electron chi connectivity index (χ4n) is 2.90. The van der Waals surface area contributed by atoms with E-state index < -0.39 is 7.40 Å². The largest absolute Gasteiger partial charge is 0.677 e. The van der Waals surface area contributed by atoms with Gasteiger partial charge in [0.15, 0.2) is 0 Å². The Labute approximate surface area is 138 Å². The lowest BCUT2D eigenvalue weighted by Gasteiger charge is -2.10. The molecule has 0 N–H and O–H groups in total. The zero-order valence-corrected chi connectivity index (χ0v) is 13.6. The highest BCUT2D eigenvalue weighted by Crippen LogP contribution is 2.35. The second kappa shape index (κ2) is 6.14. The fraction of sp³-hybridized carbons (Fsp3) is 0.250. The van der Waals surface area contributed by atoms with E-state index in [9.17, 15) is 24.4 Å². The summed E-state index contributed by atoms with van der Waals surface area (Å²) in [6.45, 7) is 6.17. The van der Waals surface area contributed by atoms with Gasteiger partial charge < -0.3 is 4.48 Å². The Morgan fingerprint density at radius 3 is 2.12 bits per heavy atom. The molecule has 118 valence electrons. The van der Waals surface area contributed by atoms with Crippen LogP contribution in [0.1, 0.15) is 36.4 Å². The lowest BCUT2D eigenvalue weighted by Crippen LogP contribution is -2.18. The van der Waals surface area contributed by atoms with Crippen molar-refractivity contribution in [1.29, 1.82) is 15.8 Å². The highest BCUT2D eigenvalue weighted by Gasteiger charge is 2.32. The summed E-state index contributed by atoms with van der Waals surface area (Å²) in [5.74, 6) is 0. The molecule has 2 rings (SSSR count). The summed E-state index contributed by atoms with van der Waals surface area (Å²) in [7, 11) is -2.91. The summed E-state index contributed by atoms with van der Waals surface area (Å²) in [5, 5.41) is 28.0. The van der Waals surface area contributed by atoms with Gasteiger partial charge in [-0.05, 0) is 38.8 Å². The topological polar surface area (TPSA) is 88.7 Å². The first-order valence-electron chi connectivity index (χ1n) is 7.01. The van der Waals surface area contributed by atoms with Crippen molar-refractivity contribution in [3.8, 4) is 18.2 Å². The van der Waals surface area contributed by atoms with Crippen LogP contribution in [0.15, 0.2) is 21.8 Å². The molecule has 1 aromatic rings. The van der Waals surface area contributed by atoms with Gasteiger partial charge in [0.2, 0.25) is 0 Å². The standard InChI is InChI=1S/C16H12BF2N5/c1-8-12(5-20)10(3)23-15(8)14(7-22)16-9(2)13(6-21)11(4)24(16)17(18)19/h1-4H3/b15-14-. The molecule has 0 bridgehead atoms. The van der Waals surface area contributed by atoms with E-state index in [0.717, 1.165) is 0 Å². The Morgan fingerprint density at radius 1 is 1.08 bits per heavy atom. The molecule has 1 aliphatic heterocycles. The van der Waals surface area contributed by atoms with Gasteiger partial charge in [0, 0.05) is 5.69 Å². The highest BCUT2D eigenvalue weighted by atomic mass is 19.2. The van der Waals surface area contributed by atoms with Gasteiger partial charge >= 0.3 is 7.40 Å². The van der Waals surface area contributed by atoms with Crippen LogP contribution in [0.5, 0.6) is 0 Å². The van der Waals surface area contributed by atoms with Gasteiger partial charge in [-0.2, -0.15) is 15.8 Å². The average molecular weight is 323 g/mol. The molecule has 0 saturated heterocycles. The van der Waals surface area contributed by atoms with E-state index in [2.05, 4.69) is 4.99 Å². The maximum atomic E-state index is 13.5. The van der Waals surface area contributed by atoms with Crippen LogP contribution < -0.4 is 0 Å². The van der Waals surface area contributed by atoms with Crippen molar-refractivity contribution >= 4 is 18.7 Å². The predicted molar refractivity (Wildman–Crippen MR) is 85.9 cm³/mol. The fourth-order valence-corrected chi connectivity index (χ4v) is 2.90. The van der Waals surface area contributed by atoms with E-state index in [4.69, 9.17) is 0 Å². The molecule has 0 fully saturated rings. The van der Waals surface area contributed by atoms with Crippen molar-refractivity contribution in [2.45, 2.75) is 27.7 Å². The molecule has 1 aliphatic rings. The molecule has 0 atom stereocenters. The number of nitrogens with zero attached hydrogens (tertiary/aromatic N) is 5. The summed E-state index contributed by atoms with van der Waals surface area (Å²) in [4.78, 5) is 4.21. The number of hydrogen-bond donors (Lipinski definition) is 0. The van der Waals surface area contributed by atoms with Crippen LogP contribution in [0.25, 0.3) is 5.57 Å². The van der Waals surface area contributed by atoms with Crippen LogP contribution in [0.4, 0.5) is 8.63 Å². The summed E-state index contributed by atoms with van der Waals surface area (Å²) < 4.78 is 27.7. The molecule has 0 aliphatic carbocycles. The minimum Gasteiger partial charge on any atom is -0.327 e. The molecule has 8 heteroatoms. The first kappa shape index (κ1) is 17.2. The van der Waals surface area contributed by atoms with E-state index >= 15 is 0 Å². The van der Waals surface area contributed by atoms with Crippen molar-refractivity contribution in [2.75, 3.05) is 0 Å². The van der Waals surface area contributed by atoms with Gasteiger partial charge in [0.1, 0.15) is 23.8 Å². The number of rotatable bonds is 2. The predicted octanol–water partition coefficient (Wildman–Crippen LogP) is 3.30.